The van der Waals surface area contributed by atoms with Crippen LogP contribution in [0.15, 0.2) is 0 Å². The van der Waals surface area contributed by atoms with E-state index in [9.17, 15) is 0 Å². The van der Waals surface area contributed by atoms with E-state index < -0.39 is 0 Å². The molecule has 0 aliphatic carbocycles. The van der Waals surface area contributed by atoms with Crippen LogP contribution >= 0.6 is 0 Å². The van der Waals surface area contributed by atoms with Gasteiger partial charge in [-0.3, -0.25) is 4.90 Å². The average molecular weight is 136 g/mol. The van der Waals surface area contributed by atoms with E-state index in [0.717, 1.165) is 12.5 Å². The van der Waals surface area contributed by atoms with Crippen LogP contribution in [0.4, 0.5) is 0 Å². The van der Waals surface area contributed by atoms with Gasteiger partial charge in [0.15, 0.2) is 0 Å². The molecule has 2 aliphatic heterocycles. The molecule has 2 fully saturated rings. The van der Waals surface area contributed by atoms with Gasteiger partial charge in [0, 0.05) is 12.1 Å². The van der Waals surface area contributed by atoms with Crippen molar-refractivity contribution in [1.82, 2.24) is 4.90 Å². The summed E-state index contributed by atoms with van der Waals surface area (Å²) in [6.07, 6.45) is 3.69. The highest BCUT2D eigenvalue weighted by atomic mass is 15.2. The van der Waals surface area contributed by atoms with Gasteiger partial charge in [0.2, 0.25) is 0 Å². The smallest absolute Gasteiger partial charge is 0.0672 e. The summed E-state index contributed by atoms with van der Waals surface area (Å²) in [7, 11) is 2.15. The van der Waals surface area contributed by atoms with E-state index >= 15 is 0 Å². The lowest BCUT2D eigenvalue weighted by Crippen LogP contribution is -2.25. The van der Waals surface area contributed by atoms with Gasteiger partial charge in [0.05, 0.1) is 12.0 Å². The molecule has 0 amide bonds. The number of nitrogens with zero attached hydrogens (tertiary/aromatic N) is 2. The molecule has 0 aromatic heterocycles. The third kappa shape index (κ3) is 0.615. The predicted octanol–water partition coefficient (Wildman–Crippen LogP) is 0.993. The van der Waals surface area contributed by atoms with Gasteiger partial charge >= 0.3 is 0 Å². The standard InChI is InChI=1S/C8H12N2/c1-10-7-2-3-8(10)6(4-7)5-9/h6-8H,2-4H2,1H3/t6-,7+,8-/m1/s1. The van der Waals surface area contributed by atoms with Crippen molar-refractivity contribution in [2.24, 2.45) is 5.92 Å². The normalized spacial score (nSPS) is 45.8. The molecule has 10 heavy (non-hydrogen) atoms. The fourth-order valence-electron chi connectivity index (χ4n) is 2.40. The molecule has 2 bridgehead atoms. The first-order valence-electron chi connectivity index (χ1n) is 3.94. The summed E-state index contributed by atoms with van der Waals surface area (Å²) in [5, 5.41) is 8.73. The maximum absolute atomic E-state index is 8.73. The summed E-state index contributed by atoms with van der Waals surface area (Å²) in [5.74, 6) is 0.337. The van der Waals surface area contributed by atoms with Crippen LogP contribution in [0.1, 0.15) is 19.3 Å². The second-order valence-corrected chi connectivity index (χ2v) is 3.44. The van der Waals surface area contributed by atoms with Crippen molar-refractivity contribution in [3.05, 3.63) is 0 Å². The highest BCUT2D eigenvalue weighted by Gasteiger charge is 2.43. The van der Waals surface area contributed by atoms with E-state index in [1.54, 1.807) is 0 Å². The highest BCUT2D eigenvalue weighted by Crippen LogP contribution is 2.39. The minimum atomic E-state index is 0.337. The molecular weight excluding hydrogens is 124 g/mol. The van der Waals surface area contributed by atoms with Crippen LogP contribution < -0.4 is 0 Å². The Bertz CT molecular complexity index is 182. The Morgan fingerprint density at radius 3 is 2.60 bits per heavy atom. The lowest BCUT2D eigenvalue weighted by Gasteiger charge is -2.14. The molecule has 2 nitrogen and oxygen atoms in total. The third-order valence-corrected chi connectivity index (χ3v) is 3.05. The molecule has 0 aromatic rings. The fourth-order valence-corrected chi connectivity index (χ4v) is 2.40. The zero-order valence-corrected chi connectivity index (χ0v) is 6.25. The van der Waals surface area contributed by atoms with Crippen molar-refractivity contribution in [2.45, 2.75) is 31.3 Å². The van der Waals surface area contributed by atoms with Gasteiger partial charge in [-0.1, -0.05) is 0 Å². The first kappa shape index (κ1) is 6.18. The van der Waals surface area contributed by atoms with Gasteiger partial charge in [-0.05, 0) is 26.3 Å². The topological polar surface area (TPSA) is 27.0 Å². The molecule has 2 saturated heterocycles. The van der Waals surface area contributed by atoms with Crippen molar-refractivity contribution in [3.8, 4) is 6.07 Å². The second-order valence-electron chi connectivity index (χ2n) is 3.44. The quantitative estimate of drug-likeness (QED) is 0.496. The zero-order chi connectivity index (χ0) is 7.14. The Balaban J connectivity index is 2.17. The summed E-state index contributed by atoms with van der Waals surface area (Å²) < 4.78 is 0. The molecule has 0 spiro atoms. The van der Waals surface area contributed by atoms with E-state index in [-0.39, 0.29) is 0 Å². The third-order valence-electron chi connectivity index (χ3n) is 3.05. The van der Waals surface area contributed by atoms with Gasteiger partial charge < -0.3 is 0 Å². The fraction of sp³-hybridized carbons (Fsp3) is 0.875. The molecule has 3 atom stereocenters. The lowest BCUT2D eigenvalue weighted by molar-refractivity contribution is 0.304. The Labute approximate surface area is 61.4 Å². The van der Waals surface area contributed by atoms with Crippen LogP contribution in [0.25, 0.3) is 0 Å². The zero-order valence-electron chi connectivity index (χ0n) is 6.25. The number of nitriles is 1. The SMILES string of the molecule is CN1[C@H]2CC[C@@H]1[C@@H](C#N)C2. The monoisotopic (exact) mass is 136 g/mol. The van der Waals surface area contributed by atoms with Crippen LogP contribution in [0.2, 0.25) is 0 Å². The average Bonchev–Trinajstić information content (AvgIpc) is 2.46. The highest BCUT2D eigenvalue weighted by molar-refractivity contribution is 5.06. The van der Waals surface area contributed by atoms with Crippen molar-refractivity contribution in [2.75, 3.05) is 7.05 Å². The first-order valence-corrected chi connectivity index (χ1v) is 3.94. The molecule has 2 aliphatic rings. The minimum Gasteiger partial charge on any atom is -0.299 e. The Morgan fingerprint density at radius 1 is 1.50 bits per heavy atom. The van der Waals surface area contributed by atoms with Crippen LogP contribution in [-0.4, -0.2) is 24.0 Å². The summed E-state index contributed by atoms with van der Waals surface area (Å²) in [6.45, 7) is 0. The van der Waals surface area contributed by atoms with E-state index in [1.807, 2.05) is 0 Å². The Hall–Kier alpha value is -0.550. The summed E-state index contributed by atoms with van der Waals surface area (Å²) in [4.78, 5) is 2.38. The van der Waals surface area contributed by atoms with Crippen LogP contribution in [0.5, 0.6) is 0 Å². The number of hydrogen-bond acceptors (Lipinski definition) is 2. The number of rotatable bonds is 0. The van der Waals surface area contributed by atoms with Gasteiger partial charge in [0.25, 0.3) is 0 Å². The first-order chi connectivity index (χ1) is 4.83. The molecule has 0 N–H and O–H groups in total. The van der Waals surface area contributed by atoms with E-state index in [2.05, 4.69) is 18.0 Å². The maximum Gasteiger partial charge on any atom is 0.0672 e. The molecule has 0 radical (unpaired) electrons. The molecule has 0 unspecified atom stereocenters. The molecule has 2 heterocycles. The van der Waals surface area contributed by atoms with Gasteiger partial charge in [-0.25, -0.2) is 0 Å². The lowest BCUT2D eigenvalue weighted by atomic mass is 9.91. The van der Waals surface area contributed by atoms with E-state index in [0.29, 0.717) is 12.0 Å². The predicted molar refractivity (Wildman–Crippen MR) is 38.3 cm³/mol. The summed E-state index contributed by atoms with van der Waals surface area (Å²) >= 11 is 0. The van der Waals surface area contributed by atoms with E-state index in [4.69, 9.17) is 5.26 Å². The van der Waals surface area contributed by atoms with Crippen LogP contribution in [0, 0.1) is 17.2 Å². The van der Waals surface area contributed by atoms with Crippen LogP contribution in [0.3, 0.4) is 0 Å². The van der Waals surface area contributed by atoms with Crippen molar-refractivity contribution < 1.29 is 0 Å². The molecule has 54 valence electrons. The van der Waals surface area contributed by atoms with Crippen LogP contribution in [-0.2, 0) is 0 Å². The summed E-state index contributed by atoms with van der Waals surface area (Å²) in [6, 6.07) is 3.71. The molecule has 2 heteroatoms. The molecule has 0 saturated carbocycles. The number of hydrogen-bond donors (Lipinski definition) is 0. The van der Waals surface area contributed by atoms with Crippen molar-refractivity contribution in [1.29, 1.82) is 5.26 Å². The van der Waals surface area contributed by atoms with E-state index in [1.165, 1.54) is 12.8 Å². The minimum absolute atomic E-state index is 0.337. The second kappa shape index (κ2) is 1.96. The molecule has 0 aromatic carbocycles. The largest absolute Gasteiger partial charge is 0.299 e. The van der Waals surface area contributed by atoms with Crippen molar-refractivity contribution >= 4 is 0 Å². The van der Waals surface area contributed by atoms with Gasteiger partial charge in [-0.2, -0.15) is 5.26 Å². The maximum atomic E-state index is 8.73. The molecule has 2 rings (SSSR count). The molecular formula is C8H12N2. The van der Waals surface area contributed by atoms with Gasteiger partial charge in [0.1, 0.15) is 0 Å². The van der Waals surface area contributed by atoms with Gasteiger partial charge in [-0.15, -0.1) is 0 Å². The Morgan fingerprint density at radius 2 is 2.30 bits per heavy atom. The number of fused-ring (bicyclic) bond motifs is 2. The summed E-state index contributed by atoms with van der Waals surface area (Å²) in [5.41, 5.74) is 0. The van der Waals surface area contributed by atoms with Crippen molar-refractivity contribution in [3.63, 3.8) is 0 Å². The Kier molecular flexibility index (Phi) is 1.21.